The predicted molar refractivity (Wildman–Crippen MR) is 61.2 cm³/mol. The van der Waals surface area contributed by atoms with Gasteiger partial charge in [-0.25, -0.2) is 4.79 Å². The van der Waals surface area contributed by atoms with Gasteiger partial charge in [0.15, 0.2) is 0 Å². The van der Waals surface area contributed by atoms with Crippen LogP contribution in [-0.2, 0) is 14.3 Å². The number of hydrogen-bond donors (Lipinski definition) is 0. The van der Waals surface area contributed by atoms with E-state index >= 15 is 0 Å². The first-order valence-corrected chi connectivity index (χ1v) is 6.35. The highest BCUT2D eigenvalue weighted by Gasteiger charge is 2.57. The van der Waals surface area contributed by atoms with Crippen molar-refractivity contribution in [3.05, 3.63) is 11.1 Å². The Morgan fingerprint density at radius 1 is 1.35 bits per heavy atom. The van der Waals surface area contributed by atoms with E-state index in [-0.39, 0.29) is 11.9 Å². The van der Waals surface area contributed by atoms with E-state index in [4.69, 9.17) is 4.74 Å². The predicted octanol–water partition coefficient (Wildman–Crippen LogP) is 1.40. The van der Waals surface area contributed by atoms with Crippen LogP contribution in [0.5, 0.6) is 0 Å². The van der Waals surface area contributed by atoms with E-state index in [0.29, 0.717) is 32.4 Å². The van der Waals surface area contributed by atoms with Crippen molar-refractivity contribution < 1.29 is 14.3 Å². The Morgan fingerprint density at radius 3 is 2.76 bits per heavy atom. The van der Waals surface area contributed by atoms with Gasteiger partial charge in [0.25, 0.3) is 0 Å². The van der Waals surface area contributed by atoms with Gasteiger partial charge in [-0.3, -0.25) is 4.79 Å². The number of nitrogens with zero attached hydrogens (tertiary/aromatic N) is 1. The van der Waals surface area contributed by atoms with Crippen LogP contribution in [0.3, 0.4) is 0 Å². The van der Waals surface area contributed by atoms with E-state index in [0.717, 1.165) is 12.8 Å². The summed E-state index contributed by atoms with van der Waals surface area (Å²) in [6, 6.07) is 0. The first kappa shape index (κ1) is 10.8. The number of amides is 1. The second-order valence-corrected chi connectivity index (χ2v) is 5.12. The lowest BCUT2D eigenvalue weighted by Gasteiger charge is -2.28. The van der Waals surface area contributed by atoms with Crippen LogP contribution in [0.15, 0.2) is 11.1 Å². The quantitative estimate of drug-likeness (QED) is 0.537. The van der Waals surface area contributed by atoms with Crippen LogP contribution in [0.1, 0.15) is 39.0 Å². The third kappa shape index (κ3) is 1.50. The lowest BCUT2D eigenvalue weighted by atomic mass is 9.92. The van der Waals surface area contributed by atoms with Gasteiger partial charge in [-0.15, -0.1) is 0 Å². The maximum absolute atomic E-state index is 12.1. The Kier molecular flexibility index (Phi) is 2.28. The number of ether oxygens (including phenoxy) is 1. The number of carbonyl (C=O) groups is 2. The summed E-state index contributed by atoms with van der Waals surface area (Å²) in [6.07, 6.45) is 4.13. The molecule has 0 aromatic carbocycles. The standard InChI is InChI=1S/C13H17NO3/c1-2-17-12(16)13-6-5-11(15)14(13)8-10(7-13)9-3-4-9/h2-8H2,1H3. The molecular weight excluding hydrogens is 218 g/mol. The summed E-state index contributed by atoms with van der Waals surface area (Å²) >= 11 is 0. The fraction of sp³-hybridized carbons (Fsp3) is 0.692. The SMILES string of the molecule is CCOC(=O)C12CCC(=O)N1CC(=C1CC1)C2. The van der Waals surface area contributed by atoms with E-state index in [1.165, 1.54) is 11.1 Å². The Morgan fingerprint density at radius 2 is 2.12 bits per heavy atom. The molecule has 3 rings (SSSR count). The first-order chi connectivity index (χ1) is 8.17. The smallest absolute Gasteiger partial charge is 0.332 e. The molecule has 4 nitrogen and oxygen atoms in total. The number of hydrogen-bond acceptors (Lipinski definition) is 3. The van der Waals surface area contributed by atoms with Crippen LogP contribution >= 0.6 is 0 Å². The molecule has 4 heteroatoms. The Balaban J connectivity index is 1.92. The van der Waals surface area contributed by atoms with Crippen molar-refractivity contribution in [1.29, 1.82) is 0 Å². The van der Waals surface area contributed by atoms with Crippen molar-refractivity contribution in [3.8, 4) is 0 Å². The van der Waals surface area contributed by atoms with Gasteiger partial charge < -0.3 is 9.64 Å². The molecule has 0 bridgehead atoms. The summed E-state index contributed by atoms with van der Waals surface area (Å²) in [5, 5.41) is 0. The molecule has 3 fully saturated rings. The zero-order valence-corrected chi connectivity index (χ0v) is 10.1. The highest BCUT2D eigenvalue weighted by molar-refractivity contribution is 5.93. The highest BCUT2D eigenvalue weighted by atomic mass is 16.5. The van der Waals surface area contributed by atoms with E-state index in [9.17, 15) is 9.59 Å². The van der Waals surface area contributed by atoms with Crippen molar-refractivity contribution >= 4 is 11.9 Å². The summed E-state index contributed by atoms with van der Waals surface area (Å²) in [5.41, 5.74) is 2.11. The van der Waals surface area contributed by atoms with Crippen LogP contribution in [0.2, 0.25) is 0 Å². The zero-order chi connectivity index (χ0) is 12.0. The van der Waals surface area contributed by atoms with Crippen LogP contribution in [0.25, 0.3) is 0 Å². The van der Waals surface area contributed by atoms with Gasteiger partial charge in [-0.05, 0) is 31.8 Å². The average molecular weight is 235 g/mol. The molecule has 1 unspecified atom stereocenters. The molecular formula is C13H17NO3. The third-order valence-corrected chi connectivity index (χ3v) is 4.08. The molecule has 0 N–H and O–H groups in total. The molecule has 0 aromatic heterocycles. The fourth-order valence-electron chi connectivity index (χ4n) is 3.05. The van der Waals surface area contributed by atoms with Gasteiger partial charge in [0, 0.05) is 19.4 Å². The third-order valence-electron chi connectivity index (χ3n) is 4.08. The van der Waals surface area contributed by atoms with Gasteiger partial charge in [0.1, 0.15) is 5.54 Å². The molecule has 0 radical (unpaired) electrons. The molecule has 1 saturated carbocycles. The van der Waals surface area contributed by atoms with Crippen LogP contribution < -0.4 is 0 Å². The van der Waals surface area contributed by atoms with Crippen LogP contribution in [0.4, 0.5) is 0 Å². The van der Waals surface area contributed by atoms with Crippen LogP contribution in [-0.4, -0.2) is 35.5 Å². The molecule has 2 aliphatic heterocycles. The van der Waals surface area contributed by atoms with Gasteiger partial charge in [0.05, 0.1) is 6.61 Å². The number of rotatable bonds is 2. The van der Waals surface area contributed by atoms with Crippen LogP contribution in [0, 0.1) is 0 Å². The molecule has 1 atom stereocenters. The Hall–Kier alpha value is -1.32. The molecule has 17 heavy (non-hydrogen) atoms. The molecule has 2 heterocycles. The van der Waals surface area contributed by atoms with E-state index in [1.807, 2.05) is 6.92 Å². The van der Waals surface area contributed by atoms with Gasteiger partial charge >= 0.3 is 5.97 Å². The Labute approximate surface area is 101 Å². The number of esters is 1. The van der Waals surface area contributed by atoms with Crippen molar-refractivity contribution in [2.24, 2.45) is 0 Å². The van der Waals surface area contributed by atoms with Gasteiger partial charge in [-0.1, -0.05) is 5.57 Å². The Bertz CT molecular complexity index is 420. The lowest BCUT2D eigenvalue weighted by molar-refractivity contribution is -0.157. The molecule has 1 aliphatic carbocycles. The van der Waals surface area contributed by atoms with Gasteiger partial charge in [-0.2, -0.15) is 0 Å². The minimum absolute atomic E-state index is 0.106. The van der Waals surface area contributed by atoms with E-state index < -0.39 is 5.54 Å². The van der Waals surface area contributed by atoms with E-state index in [2.05, 4.69) is 0 Å². The maximum Gasteiger partial charge on any atom is 0.332 e. The van der Waals surface area contributed by atoms with Crippen molar-refractivity contribution in [3.63, 3.8) is 0 Å². The fourth-order valence-corrected chi connectivity index (χ4v) is 3.05. The molecule has 92 valence electrons. The second kappa shape index (κ2) is 3.59. The van der Waals surface area contributed by atoms with Crippen molar-refractivity contribution in [2.45, 2.75) is 44.6 Å². The largest absolute Gasteiger partial charge is 0.464 e. The lowest BCUT2D eigenvalue weighted by Crippen LogP contribution is -2.48. The molecule has 0 aromatic rings. The zero-order valence-electron chi connectivity index (χ0n) is 10.1. The first-order valence-electron chi connectivity index (χ1n) is 6.35. The topological polar surface area (TPSA) is 46.6 Å². The monoisotopic (exact) mass is 235 g/mol. The highest BCUT2D eigenvalue weighted by Crippen LogP contribution is 2.47. The summed E-state index contributed by atoms with van der Waals surface area (Å²) in [6.45, 7) is 2.85. The summed E-state index contributed by atoms with van der Waals surface area (Å²) in [5.74, 6) is -0.101. The normalized spacial score (nSPS) is 30.9. The number of carbonyl (C=O) groups excluding carboxylic acids is 2. The minimum atomic E-state index is -0.655. The molecule has 1 amide bonds. The summed E-state index contributed by atoms with van der Waals surface area (Å²) in [7, 11) is 0. The van der Waals surface area contributed by atoms with Crippen molar-refractivity contribution in [1.82, 2.24) is 4.90 Å². The number of allylic oxidation sites excluding steroid dienone is 1. The van der Waals surface area contributed by atoms with Crippen molar-refractivity contribution in [2.75, 3.05) is 13.2 Å². The number of fused-ring (bicyclic) bond motifs is 1. The molecule has 3 aliphatic rings. The molecule has 0 spiro atoms. The van der Waals surface area contributed by atoms with E-state index in [1.54, 1.807) is 4.90 Å². The molecule has 2 saturated heterocycles. The summed E-state index contributed by atoms with van der Waals surface area (Å²) < 4.78 is 5.17. The van der Waals surface area contributed by atoms with Gasteiger partial charge in [0.2, 0.25) is 5.91 Å². The second-order valence-electron chi connectivity index (χ2n) is 5.12. The minimum Gasteiger partial charge on any atom is -0.464 e. The maximum atomic E-state index is 12.1. The average Bonchev–Trinajstić information content (AvgIpc) is 3.00. The summed E-state index contributed by atoms with van der Waals surface area (Å²) in [4.78, 5) is 25.8.